The van der Waals surface area contributed by atoms with Gasteiger partial charge in [-0.15, -0.1) is 0 Å². The number of benzene rings is 3. The topological polar surface area (TPSA) is 106 Å². The minimum atomic E-state index is -0.565. The number of nitro benzene ring substituents is 1. The first-order valence-electron chi connectivity index (χ1n) is 9.26. The van der Waals surface area contributed by atoms with Crippen LogP contribution in [0.15, 0.2) is 66.7 Å². The van der Waals surface area contributed by atoms with E-state index in [0.29, 0.717) is 17.1 Å². The number of hydrogen-bond donors (Lipinski definition) is 0. The van der Waals surface area contributed by atoms with E-state index in [1.165, 1.54) is 23.1 Å². The first kappa shape index (κ1) is 21.3. The molecule has 0 aliphatic carbocycles. The number of amides is 1. The Labute approximate surface area is 179 Å². The fraction of sp³-hybridized carbons (Fsp3) is 0.130. The van der Waals surface area contributed by atoms with Gasteiger partial charge >= 0.3 is 0 Å². The lowest BCUT2D eigenvalue weighted by molar-refractivity contribution is -0.384. The zero-order chi connectivity index (χ0) is 22.4. The third-order valence-electron chi connectivity index (χ3n) is 4.51. The molecule has 156 valence electrons. The minimum Gasteiger partial charge on any atom is -0.497 e. The van der Waals surface area contributed by atoms with E-state index in [2.05, 4.69) is 6.07 Å². The smallest absolute Gasteiger partial charge is 0.270 e. The third kappa shape index (κ3) is 5.16. The number of methoxy groups -OCH3 is 1. The lowest BCUT2D eigenvalue weighted by atomic mass is 10.1. The summed E-state index contributed by atoms with van der Waals surface area (Å²) in [6.07, 6.45) is 0. The van der Waals surface area contributed by atoms with Gasteiger partial charge in [-0.25, -0.2) is 0 Å². The first-order valence-corrected chi connectivity index (χ1v) is 9.26. The molecule has 3 aromatic carbocycles. The number of non-ortho nitro benzene ring substituents is 1. The predicted molar refractivity (Wildman–Crippen MR) is 113 cm³/mol. The van der Waals surface area contributed by atoms with E-state index in [0.717, 1.165) is 5.56 Å². The molecule has 8 nitrogen and oxygen atoms in total. The molecule has 0 fully saturated rings. The van der Waals surface area contributed by atoms with E-state index in [-0.39, 0.29) is 23.5 Å². The number of nitrogens with zero attached hydrogens (tertiary/aromatic N) is 3. The summed E-state index contributed by atoms with van der Waals surface area (Å²) in [7, 11) is 3.13. The van der Waals surface area contributed by atoms with Crippen molar-refractivity contribution in [1.29, 1.82) is 5.26 Å². The molecule has 0 atom stereocenters. The maximum atomic E-state index is 13.1. The molecule has 31 heavy (non-hydrogen) atoms. The second kappa shape index (κ2) is 9.41. The zero-order valence-electron chi connectivity index (χ0n) is 16.9. The molecule has 0 aromatic heterocycles. The summed E-state index contributed by atoms with van der Waals surface area (Å²) in [5, 5.41) is 20.3. The summed E-state index contributed by atoms with van der Waals surface area (Å²) in [5.41, 5.74) is 1.09. The Bertz CT molecular complexity index is 1150. The third-order valence-corrected chi connectivity index (χ3v) is 4.51. The molecular formula is C23H19N3O5. The van der Waals surface area contributed by atoms with Crippen molar-refractivity contribution < 1.29 is 19.2 Å². The van der Waals surface area contributed by atoms with Crippen LogP contribution in [-0.2, 0) is 6.54 Å². The highest BCUT2D eigenvalue weighted by molar-refractivity contribution is 5.97. The molecule has 0 bridgehead atoms. The molecule has 3 rings (SSSR count). The average molecular weight is 417 g/mol. The summed E-state index contributed by atoms with van der Waals surface area (Å²) in [5.74, 6) is 0.840. The van der Waals surface area contributed by atoms with Crippen LogP contribution in [0.5, 0.6) is 17.2 Å². The standard InChI is InChI=1S/C23H19N3O5/c1-25(15-17-5-3-4-16(12-17)14-24)23(27)21-13-18(26(28)29)6-11-22(21)31-20-9-7-19(30-2)8-10-20/h3-13H,15H2,1-2H3. The molecule has 0 aliphatic heterocycles. The van der Waals surface area contributed by atoms with Crippen molar-refractivity contribution in [2.75, 3.05) is 14.2 Å². The molecular weight excluding hydrogens is 398 g/mol. The Kier molecular flexibility index (Phi) is 6.48. The SMILES string of the molecule is COc1ccc(Oc2ccc([N+](=O)[O-])cc2C(=O)N(C)Cc2cccc(C#N)c2)cc1. The van der Waals surface area contributed by atoms with Gasteiger partial charge in [0.05, 0.1) is 29.2 Å². The van der Waals surface area contributed by atoms with E-state index in [9.17, 15) is 14.9 Å². The van der Waals surface area contributed by atoms with Gasteiger partial charge in [0, 0.05) is 25.7 Å². The molecule has 3 aromatic rings. The molecule has 0 heterocycles. The molecule has 1 amide bonds. The van der Waals surface area contributed by atoms with Crippen LogP contribution in [0.25, 0.3) is 0 Å². The summed E-state index contributed by atoms with van der Waals surface area (Å²) < 4.78 is 10.9. The van der Waals surface area contributed by atoms with E-state index in [4.69, 9.17) is 14.7 Å². The van der Waals surface area contributed by atoms with Gasteiger partial charge in [0.1, 0.15) is 17.2 Å². The monoisotopic (exact) mass is 417 g/mol. The number of hydrogen-bond acceptors (Lipinski definition) is 6. The van der Waals surface area contributed by atoms with Crippen molar-refractivity contribution in [3.05, 3.63) is 93.5 Å². The molecule has 0 radical (unpaired) electrons. The summed E-state index contributed by atoms with van der Waals surface area (Å²) in [6.45, 7) is 0.221. The number of carbonyl (C=O) groups is 1. The van der Waals surface area contributed by atoms with Crippen molar-refractivity contribution in [3.8, 4) is 23.3 Å². The lowest BCUT2D eigenvalue weighted by Crippen LogP contribution is -2.26. The Hall–Kier alpha value is -4.38. The highest BCUT2D eigenvalue weighted by Gasteiger charge is 2.21. The largest absolute Gasteiger partial charge is 0.497 e. The highest BCUT2D eigenvalue weighted by Crippen LogP contribution is 2.31. The normalized spacial score (nSPS) is 10.1. The van der Waals surface area contributed by atoms with E-state index in [1.807, 2.05) is 0 Å². The molecule has 0 saturated heterocycles. The van der Waals surface area contributed by atoms with Crippen LogP contribution >= 0.6 is 0 Å². The van der Waals surface area contributed by atoms with E-state index >= 15 is 0 Å². The maximum absolute atomic E-state index is 13.1. The molecule has 0 unspecified atom stereocenters. The van der Waals surface area contributed by atoms with Crippen molar-refractivity contribution >= 4 is 11.6 Å². The number of rotatable bonds is 7. The van der Waals surface area contributed by atoms with Gasteiger partial charge in [-0.1, -0.05) is 12.1 Å². The zero-order valence-corrected chi connectivity index (χ0v) is 16.9. The fourth-order valence-corrected chi connectivity index (χ4v) is 2.95. The van der Waals surface area contributed by atoms with Crippen LogP contribution in [0.2, 0.25) is 0 Å². The minimum absolute atomic E-state index is 0.0592. The molecule has 8 heteroatoms. The van der Waals surface area contributed by atoms with Crippen LogP contribution in [-0.4, -0.2) is 29.9 Å². The molecule has 0 N–H and O–H groups in total. The molecule has 0 spiro atoms. The summed E-state index contributed by atoms with van der Waals surface area (Å²) in [6, 6.07) is 19.6. The number of nitriles is 1. The average Bonchev–Trinajstić information content (AvgIpc) is 2.79. The molecule has 0 saturated carbocycles. The lowest BCUT2D eigenvalue weighted by Gasteiger charge is -2.19. The van der Waals surface area contributed by atoms with E-state index < -0.39 is 10.8 Å². The van der Waals surface area contributed by atoms with Crippen molar-refractivity contribution in [1.82, 2.24) is 4.90 Å². The van der Waals surface area contributed by atoms with Gasteiger partial charge in [-0.3, -0.25) is 14.9 Å². The first-order chi connectivity index (χ1) is 14.9. The number of carbonyl (C=O) groups excluding carboxylic acids is 1. The van der Waals surface area contributed by atoms with Gasteiger partial charge in [-0.05, 0) is 48.0 Å². The molecule has 0 aliphatic rings. The summed E-state index contributed by atoms with van der Waals surface area (Å²) >= 11 is 0. The Morgan fingerprint density at radius 1 is 1.10 bits per heavy atom. The Morgan fingerprint density at radius 2 is 1.81 bits per heavy atom. The maximum Gasteiger partial charge on any atom is 0.270 e. The van der Waals surface area contributed by atoms with Gasteiger partial charge in [0.2, 0.25) is 0 Å². The second-order valence-corrected chi connectivity index (χ2v) is 6.69. The van der Waals surface area contributed by atoms with Crippen molar-refractivity contribution in [3.63, 3.8) is 0 Å². The van der Waals surface area contributed by atoms with Crippen LogP contribution in [0, 0.1) is 21.4 Å². The van der Waals surface area contributed by atoms with E-state index in [1.54, 1.807) is 62.7 Å². The Balaban J connectivity index is 1.90. The Morgan fingerprint density at radius 3 is 2.45 bits per heavy atom. The van der Waals surface area contributed by atoms with Crippen LogP contribution in [0.4, 0.5) is 5.69 Å². The quantitative estimate of drug-likeness (QED) is 0.413. The van der Waals surface area contributed by atoms with Crippen molar-refractivity contribution in [2.45, 2.75) is 6.54 Å². The van der Waals surface area contributed by atoms with Crippen LogP contribution in [0.1, 0.15) is 21.5 Å². The van der Waals surface area contributed by atoms with Gasteiger partial charge < -0.3 is 14.4 Å². The van der Waals surface area contributed by atoms with Gasteiger partial charge in [-0.2, -0.15) is 5.26 Å². The number of nitro groups is 1. The van der Waals surface area contributed by atoms with Crippen LogP contribution < -0.4 is 9.47 Å². The highest BCUT2D eigenvalue weighted by atomic mass is 16.6. The van der Waals surface area contributed by atoms with Gasteiger partial charge in [0.25, 0.3) is 11.6 Å². The summed E-state index contributed by atoms with van der Waals surface area (Å²) in [4.78, 5) is 25.2. The second-order valence-electron chi connectivity index (χ2n) is 6.69. The van der Waals surface area contributed by atoms with Crippen molar-refractivity contribution in [2.24, 2.45) is 0 Å². The van der Waals surface area contributed by atoms with Crippen LogP contribution in [0.3, 0.4) is 0 Å². The van der Waals surface area contributed by atoms with Gasteiger partial charge in [0.15, 0.2) is 0 Å². The fourth-order valence-electron chi connectivity index (χ4n) is 2.95. The number of ether oxygens (including phenoxy) is 2. The predicted octanol–water partition coefficient (Wildman–Crippen LogP) is 4.54.